The average molecular weight is 426 g/mol. The first kappa shape index (κ1) is 19.1. The van der Waals surface area contributed by atoms with Gasteiger partial charge in [0.15, 0.2) is 5.96 Å². The van der Waals surface area contributed by atoms with Gasteiger partial charge in [0.1, 0.15) is 0 Å². The van der Waals surface area contributed by atoms with E-state index in [1.165, 1.54) is 18.4 Å². The zero-order valence-corrected chi connectivity index (χ0v) is 17.5. The number of aliphatic imine (C=N–C) groups is 1. The predicted molar refractivity (Wildman–Crippen MR) is 111 cm³/mol. The van der Waals surface area contributed by atoms with Gasteiger partial charge in [-0.25, -0.2) is 0 Å². The topological polar surface area (TPSA) is 45.7 Å². The van der Waals surface area contributed by atoms with E-state index in [2.05, 4.69) is 62.1 Å². The second-order valence-corrected chi connectivity index (χ2v) is 9.26. The monoisotopic (exact) mass is 425 g/mol. The first-order valence-electron chi connectivity index (χ1n) is 8.95. The van der Waals surface area contributed by atoms with Crippen LogP contribution in [0.25, 0.3) is 0 Å². The summed E-state index contributed by atoms with van der Waals surface area (Å²) in [4.78, 5) is 4.42. The number of benzene rings is 1. The molecule has 6 heteroatoms. The Bertz CT molecular complexity index is 612. The Kier molecular flexibility index (Phi) is 6.34. The molecule has 1 aliphatic carbocycles. The molecule has 0 atom stereocenters. The van der Waals surface area contributed by atoms with Gasteiger partial charge < -0.3 is 15.4 Å². The van der Waals surface area contributed by atoms with Gasteiger partial charge in [0.25, 0.3) is 0 Å². The summed E-state index contributed by atoms with van der Waals surface area (Å²) in [5.41, 5.74) is 1.67. The van der Waals surface area contributed by atoms with Gasteiger partial charge in [-0.2, -0.15) is 11.8 Å². The van der Waals surface area contributed by atoms with Gasteiger partial charge in [-0.1, -0.05) is 28.1 Å². The van der Waals surface area contributed by atoms with Crippen molar-refractivity contribution in [1.82, 2.24) is 10.6 Å². The molecule has 2 N–H and O–H groups in total. The van der Waals surface area contributed by atoms with Crippen LogP contribution in [-0.4, -0.2) is 50.3 Å². The molecule has 0 spiro atoms. The summed E-state index contributed by atoms with van der Waals surface area (Å²) >= 11 is 5.54. The van der Waals surface area contributed by atoms with Gasteiger partial charge in [-0.05, 0) is 49.6 Å². The molecule has 0 bridgehead atoms. The summed E-state index contributed by atoms with van der Waals surface area (Å²) in [7, 11) is 1.85. The highest BCUT2D eigenvalue weighted by molar-refractivity contribution is 9.10. The van der Waals surface area contributed by atoms with Gasteiger partial charge in [0, 0.05) is 48.0 Å². The largest absolute Gasteiger partial charge is 0.381 e. The minimum atomic E-state index is 0.261. The van der Waals surface area contributed by atoms with Crippen molar-refractivity contribution in [2.75, 3.05) is 39.6 Å². The number of nitrogens with one attached hydrogen (secondary N) is 2. The maximum atomic E-state index is 5.53. The maximum absolute atomic E-state index is 5.53. The Hall–Kier alpha value is -0.720. The summed E-state index contributed by atoms with van der Waals surface area (Å²) in [6.07, 6.45) is 6.87. The summed E-state index contributed by atoms with van der Waals surface area (Å²) < 4.78 is 6.94. The highest BCUT2D eigenvalue weighted by Gasteiger charge is 2.44. The van der Waals surface area contributed by atoms with Gasteiger partial charge >= 0.3 is 0 Å². The SMILES string of the molecule is CN=C(NCC1(SC)CCOCC1)NCC1(c2cccc(Br)c2)CC1. The van der Waals surface area contributed by atoms with Crippen LogP contribution >= 0.6 is 27.7 Å². The highest BCUT2D eigenvalue weighted by atomic mass is 79.9. The fraction of sp³-hybridized carbons (Fsp3) is 0.632. The van der Waals surface area contributed by atoms with Gasteiger partial charge in [0.05, 0.1) is 0 Å². The fourth-order valence-electron chi connectivity index (χ4n) is 3.45. The number of nitrogens with zero attached hydrogens (tertiary/aromatic N) is 1. The molecule has 0 radical (unpaired) electrons. The van der Waals surface area contributed by atoms with E-state index in [1.807, 2.05) is 18.8 Å². The van der Waals surface area contributed by atoms with E-state index in [9.17, 15) is 0 Å². The van der Waals surface area contributed by atoms with E-state index in [0.717, 1.165) is 49.6 Å². The number of halogens is 1. The van der Waals surface area contributed by atoms with E-state index in [-0.39, 0.29) is 10.2 Å². The zero-order chi connectivity index (χ0) is 17.8. The van der Waals surface area contributed by atoms with E-state index >= 15 is 0 Å². The Morgan fingerprint density at radius 2 is 1.92 bits per heavy atom. The van der Waals surface area contributed by atoms with Crippen LogP contribution in [0, 0.1) is 0 Å². The maximum Gasteiger partial charge on any atom is 0.191 e. The Balaban J connectivity index is 1.54. The summed E-state index contributed by atoms with van der Waals surface area (Å²) in [6, 6.07) is 8.69. The summed E-state index contributed by atoms with van der Waals surface area (Å²) in [5.74, 6) is 0.904. The fourth-order valence-corrected chi connectivity index (χ4v) is 4.64. The van der Waals surface area contributed by atoms with Crippen LogP contribution in [0.2, 0.25) is 0 Å². The standard InChI is InChI=1S/C19H28BrN3OS/c1-21-17(23-14-19(25-2)8-10-24-11-9-19)22-13-18(6-7-18)15-4-3-5-16(20)12-15/h3-5,12H,6-11,13-14H2,1-2H3,(H2,21,22,23). The van der Waals surface area contributed by atoms with Crippen molar-refractivity contribution in [2.45, 2.75) is 35.8 Å². The van der Waals surface area contributed by atoms with Crippen molar-refractivity contribution in [3.63, 3.8) is 0 Å². The Labute approximate surface area is 163 Å². The molecule has 1 aliphatic heterocycles. The van der Waals surface area contributed by atoms with Crippen LogP contribution in [0.4, 0.5) is 0 Å². The lowest BCUT2D eigenvalue weighted by Gasteiger charge is -2.36. The molecule has 0 unspecified atom stereocenters. The zero-order valence-electron chi connectivity index (χ0n) is 15.1. The molecule has 138 valence electrons. The number of guanidine groups is 1. The third kappa shape index (κ3) is 4.72. The molecule has 3 rings (SSSR count). The molecule has 0 aromatic heterocycles. The van der Waals surface area contributed by atoms with Crippen LogP contribution in [-0.2, 0) is 10.2 Å². The number of rotatable bonds is 6. The third-order valence-electron chi connectivity index (χ3n) is 5.52. The molecule has 4 nitrogen and oxygen atoms in total. The molecule has 2 fully saturated rings. The van der Waals surface area contributed by atoms with E-state index in [4.69, 9.17) is 4.74 Å². The molecule has 1 saturated heterocycles. The van der Waals surface area contributed by atoms with Crippen molar-refractivity contribution >= 4 is 33.7 Å². The summed E-state index contributed by atoms with van der Waals surface area (Å²) in [5, 5.41) is 7.10. The number of thioether (sulfide) groups is 1. The molecular formula is C19H28BrN3OS. The second-order valence-electron chi connectivity index (χ2n) is 7.07. The molecule has 0 amide bonds. The molecule has 1 heterocycles. The van der Waals surface area contributed by atoms with Gasteiger partial charge in [-0.3, -0.25) is 4.99 Å². The molecule has 2 aliphatic rings. The highest BCUT2D eigenvalue weighted by Crippen LogP contribution is 2.48. The number of hydrogen-bond acceptors (Lipinski definition) is 3. The minimum Gasteiger partial charge on any atom is -0.381 e. The molecule has 1 aromatic carbocycles. The van der Waals surface area contributed by atoms with Crippen LogP contribution < -0.4 is 10.6 Å². The quantitative estimate of drug-likeness (QED) is 0.540. The average Bonchev–Trinajstić information content (AvgIpc) is 3.44. The third-order valence-corrected chi connectivity index (χ3v) is 7.44. The Morgan fingerprint density at radius 1 is 1.20 bits per heavy atom. The predicted octanol–water partition coefficient (Wildman–Crippen LogP) is 3.56. The van der Waals surface area contributed by atoms with Crippen molar-refractivity contribution in [3.8, 4) is 0 Å². The molecule has 1 aromatic rings. The number of ether oxygens (including phenoxy) is 1. The van der Waals surface area contributed by atoms with E-state index in [1.54, 1.807) is 0 Å². The lowest BCUT2D eigenvalue weighted by atomic mass is 9.96. The van der Waals surface area contributed by atoms with E-state index in [0.29, 0.717) is 0 Å². The van der Waals surface area contributed by atoms with Crippen molar-refractivity contribution < 1.29 is 4.74 Å². The normalized spacial score (nSPS) is 21.6. The molecular weight excluding hydrogens is 398 g/mol. The van der Waals surface area contributed by atoms with Crippen molar-refractivity contribution in [1.29, 1.82) is 0 Å². The van der Waals surface area contributed by atoms with Crippen LogP contribution in [0.3, 0.4) is 0 Å². The lowest BCUT2D eigenvalue weighted by molar-refractivity contribution is 0.0783. The summed E-state index contributed by atoms with van der Waals surface area (Å²) in [6.45, 7) is 3.58. The molecule has 1 saturated carbocycles. The lowest BCUT2D eigenvalue weighted by Crippen LogP contribution is -2.49. The van der Waals surface area contributed by atoms with Crippen LogP contribution in [0.5, 0.6) is 0 Å². The first-order chi connectivity index (χ1) is 12.1. The minimum absolute atomic E-state index is 0.261. The second kappa shape index (κ2) is 8.31. The van der Waals surface area contributed by atoms with Gasteiger partial charge in [0.2, 0.25) is 0 Å². The van der Waals surface area contributed by atoms with Crippen molar-refractivity contribution in [2.24, 2.45) is 4.99 Å². The van der Waals surface area contributed by atoms with Crippen molar-refractivity contribution in [3.05, 3.63) is 34.3 Å². The van der Waals surface area contributed by atoms with Gasteiger partial charge in [-0.15, -0.1) is 0 Å². The smallest absolute Gasteiger partial charge is 0.191 e. The van der Waals surface area contributed by atoms with E-state index < -0.39 is 0 Å². The number of hydrogen-bond donors (Lipinski definition) is 2. The van der Waals surface area contributed by atoms with Crippen LogP contribution in [0.1, 0.15) is 31.2 Å². The first-order valence-corrected chi connectivity index (χ1v) is 11.0. The molecule has 25 heavy (non-hydrogen) atoms. The Morgan fingerprint density at radius 3 is 2.52 bits per heavy atom. The van der Waals surface area contributed by atoms with Crippen LogP contribution in [0.15, 0.2) is 33.7 Å².